The second kappa shape index (κ2) is 14.4. The average Bonchev–Trinajstić information content (AvgIpc) is 3.18. The van der Waals surface area contributed by atoms with Crippen LogP contribution in [-0.4, -0.2) is 16.2 Å². The molecule has 2 aliphatic carbocycles. The first-order chi connectivity index (χ1) is 27.1. The summed E-state index contributed by atoms with van der Waals surface area (Å²) in [6, 6.07) is 37.4. The molecule has 0 radical (unpaired) electrons. The van der Waals surface area contributed by atoms with E-state index in [1.54, 1.807) is 35.9 Å². The third kappa shape index (κ3) is 7.29. The number of benzene rings is 6. The minimum atomic E-state index is -0.964. The maximum absolute atomic E-state index is 12.1. The van der Waals surface area contributed by atoms with Crippen molar-refractivity contribution >= 4 is 39.2 Å². The molecule has 0 aliphatic heterocycles. The van der Waals surface area contributed by atoms with Gasteiger partial charge >= 0.3 is 5.97 Å². The lowest BCUT2D eigenvalue weighted by atomic mass is 9.63. The molecule has 1 unspecified atom stereocenters. The minimum Gasteiger partial charge on any atom is -0.478 e. The van der Waals surface area contributed by atoms with Gasteiger partial charge in [-0.1, -0.05) is 162 Å². The Morgan fingerprint density at radius 2 is 1.54 bits per heavy atom. The highest BCUT2D eigenvalue weighted by molar-refractivity contribution is 6.01. The summed E-state index contributed by atoms with van der Waals surface area (Å²) < 4.78 is 0. The van der Waals surface area contributed by atoms with Crippen molar-refractivity contribution in [2.75, 3.05) is 0 Å². The molecule has 6 aromatic carbocycles. The minimum absolute atomic E-state index is 0.0735. The lowest BCUT2D eigenvalue weighted by molar-refractivity contribution is 0.0697. The van der Waals surface area contributed by atoms with E-state index in [1.165, 1.54) is 38.6 Å². The molecule has 0 heterocycles. The summed E-state index contributed by atoms with van der Waals surface area (Å²) in [5, 5.41) is 26.1. The molecule has 2 aliphatic rings. The summed E-state index contributed by atoms with van der Waals surface area (Å²) in [4.78, 5) is 11.5. The van der Waals surface area contributed by atoms with Crippen molar-refractivity contribution in [2.45, 2.75) is 84.3 Å². The van der Waals surface area contributed by atoms with Gasteiger partial charge in [-0.15, -0.1) is 0 Å². The van der Waals surface area contributed by atoms with Crippen molar-refractivity contribution in [1.29, 1.82) is 0 Å². The SMILES string of the molecule is CC1(C)C=CC2=C(C1)CC(C)(C)c1c2ccc2cc(-c3ccc4ccccc4c3C(O)C=Cc3ccc(C(=O)O)cc3)cc(CC(C)(C)c3ccc(CN)cc3)c12. The fourth-order valence-electron chi connectivity index (χ4n) is 9.54. The van der Waals surface area contributed by atoms with Crippen LogP contribution in [0.5, 0.6) is 0 Å². The van der Waals surface area contributed by atoms with Crippen LogP contribution < -0.4 is 5.73 Å². The van der Waals surface area contributed by atoms with Gasteiger partial charge in [-0.2, -0.15) is 0 Å². The van der Waals surface area contributed by atoms with Crippen molar-refractivity contribution in [2.24, 2.45) is 11.1 Å². The Balaban J connectivity index is 1.33. The predicted octanol–water partition coefficient (Wildman–Crippen LogP) is 12.5. The predicted molar refractivity (Wildman–Crippen MR) is 237 cm³/mol. The van der Waals surface area contributed by atoms with Gasteiger partial charge in [0.1, 0.15) is 0 Å². The van der Waals surface area contributed by atoms with Crippen molar-refractivity contribution in [3.63, 3.8) is 0 Å². The molecule has 4 heteroatoms. The van der Waals surface area contributed by atoms with E-state index >= 15 is 0 Å². The first kappa shape index (κ1) is 38.3. The second-order valence-electron chi connectivity index (χ2n) is 18.2. The second-order valence-corrected chi connectivity index (χ2v) is 18.2. The van der Waals surface area contributed by atoms with Crippen LogP contribution in [0.1, 0.15) is 110 Å². The van der Waals surface area contributed by atoms with Crippen LogP contribution in [0.2, 0.25) is 0 Å². The van der Waals surface area contributed by atoms with Crippen LogP contribution in [-0.2, 0) is 23.8 Å². The summed E-state index contributed by atoms with van der Waals surface area (Å²) in [7, 11) is 0. The van der Waals surface area contributed by atoms with E-state index in [9.17, 15) is 15.0 Å². The number of aliphatic hydroxyl groups excluding tert-OH is 1. The van der Waals surface area contributed by atoms with Crippen LogP contribution >= 0.6 is 0 Å². The maximum Gasteiger partial charge on any atom is 0.335 e. The lowest BCUT2D eigenvalue weighted by Crippen LogP contribution is -2.28. The zero-order valence-corrected chi connectivity index (χ0v) is 34.0. The number of hydrogen-bond acceptors (Lipinski definition) is 3. The largest absolute Gasteiger partial charge is 0.478 e. The quantitative estimate of drug-likeness (QED) is 0.137. The molecule has 0 spiro atoms. The Hall–Kier alpha value is -5.55. The van der Waals surface area contributed by atoms with E-state index in [0.29, 0.717) is 6.54 Å². The molecular formula is C53H53NO3. The molecule has 0 saturated carbocycles. The molecule has 8 rings (SSSR count). The number of hydrogen-bond donors (Lipinski definition) is 3. The summed E-state index contributed by atoms with van der Waals surface area (Å²) in [5.41, 5.74) is 19.2. The maximum atomic E-state index is 12.1. The first-order valence-electron chi connectivity index (χ1n) is 20.2. The fraction of sp³-hybridized carbons (Fsp3) is 0.264. The molecule has 4 N–H and O–H groups in total. The van der Waals surface area contributed by atoms with Gasteiger partial charge in [0.15, 0.2) is 0 Å². The van der Waals surface area contributed by atoms with Gasteiger partial charge in [0.25, 0.3) is 0 Å². The number of aliphatic hydroxyl groups is 1. The molecule has 6 aromatic rings. The van der Waals surface area contributed by atoms with Crippen LogP contribution in [0.25, 0.3) is 44.3 Å². The molecule has 0 saturated heterocycles. The zero-order chi connectivity index (χ0) is 40.3. The Morgan fingerprint density at radius 3 is 2.26 bits per heavy atom. The Labute approximate surface area is 337 Å². The molecule has 288 valence electrons. The number of allylic oxidation sites excluding steroid dienone is 4. The smallest absolute Gasteiger partial charge is 0.335 e. The number of aromatic carboxylic acids is 1. The van der Waals surface area contributed by atoms with Crippen LogP contribution in [0.3, 0.4) is 0 Å². The van der Waals surface area contributed by atoms with E-state index in [2.05, 4.69) is 126 Å². The Bertz CT molecular complexity index is 2630. The van der Waals surface area contributed by atoms with E-state index in [1.807, 2.05) is 18.2 Å². The van der Waals surface area contributed by atoms with Crippen molar-refractivity contribution in [3.05, 3.63) is 178 Å². The summed E-state index contributed by atoms with van der Waals surface area (Å²) >= 11 is 0. The summed E-state index contributed by atoms with van der Waals surface area (Å²) in [6.45, 7) is 14.7. The lowest BCUT2D eigenvalue weighted by Gasteiger charge is -2.41. The number of carboxylic acid groups (broad SMARTS) is 1. The van der Waals surface area contributed by atoms with E-state index < -0.39 is 12.1 Å². The van der Waals surface area contributed by atoms with Gasteiger partial charge in [0.2, 0.25) is 0 Å². The molecule has 1 atom stereocenters. The van der Waals surface area contributed by atoms with Crippen molar-refractivity contribution in [1.82, 2.24) is 0 Å². The summed E-state index contributed by atoms with van der Waals surface area (Å²) in [6.07, 6.45) is 10.4. The van der Waals surface area contributed by atoms with E-state index in [4.69, 9.17) is 5.73 Å². The van der Waals surface area contributed by atoms with E-state index in [0.717, 1.165) is 57.9 Å². The van der Waals surface area contributed by atoms with Crippen molar-refractivity contribution in [3.8, 4) is 11.1 Å². The Kier molecular flexibility index (Phi) is 9.71. The number of carboxylic acids is 1. The molecule has 57 heavy (non-hydrogen) atoms. The molecular weight excluding hydrogens is 699 g/mol. The normalized spacial score (nSPS) is 16.6. The number of carbonyl (C=O) groups is 1. The van der Waals surface area contributed by atoms with E-state index in [-0.39, 0.29) is 21.8 Å². The molecule has 4 nitrogen and oxygen atoms in total. The van der Waals surface area contributed by atoms with Gasteiger partial charge in [0.05, 0.1) is 11.7 Å². The van der Waals surface area contributed by atoms with Gasteiger partial charge in [-0.25, -0.2) is 4.79 Å². The van der Waals surface area contributed by atoms with Crippen molar-refractivity contribution < 1.29 is 15.0 Å². The summed E-state index contributed by atoms with van der Waals surface area (Å²) in [5.74, 6) is -0.964. The number of fused-ring (bicyclic) bond motifs is 5. The molecule has 0 amide bonds. The monoisotopic (exact) mass is 751 g/mol. The number of nitrogens with two attached hydrogens (primary N) is 1. The topological polar surface area (TPSA) is 83.5 Å². The Morgan fingerprint density at radius 1 is 0.842 bits per heavy atom. The molecule has 0 bridgehead atoms. The van der Waals surface area contributed by atoms with Crippen LogP contribution in [0, 0.1) is 5.41 Å². The highest BCUT2D eigenvalue weighted by Crippen LogP contribution is 2.52. The third-order valence-corrected chi connectivity index (χ3v) is 12.4. The standard InChI is InChI=1S/C53H53NO3/c1-51(2)26-25-42-40(29-51)31-53(5,6)49-45(42)23-19-37-27-38(28-39(47(37)49)30-52(3,4)41-20-13-34(32-54)14-21-41)44-22-18-35-9-7-8-10-43(35)48(44)46(55)24-15-33-11-16-36(17-12-33)50(56)57/h7-28,46,55H,29-32,54H2,1-6H3,(H,56,57). The van der Waals surface area contributed by atoms with Gasteiger partial charge < -0.3 is 15.9 Å². The zero-order valence-electron chi connectivity index (χ0n) is 34.0. The third-order valence-electron chi connectivity index (χ3n) is 12.4. The van der Waals surface area contributed by atoms with Gasteiger partial charge in [0, 0.05) is 12.1 Å². The highest BCUT2D eigenvalue weighted by atomic mass is 16.4. The molecule has 0 fully saturated rings. The first-order valence-corrected chi connectivity index (χ1v) is 20.2. The highest BCUT2D eigenvalue weighted by Gasteiger charge is 2.38. The van der Waals surface area contributed by atoms with Crippen LogP contribution in [0.4, 0.5) is 0 Å². The van der Waals surface area contributed by atoms with Gasteiger partial charge in [-0.05, 0) is 125 Å². The van der Waals surface area contributed by atoms with Gasteiger partial charge in [-0.3, -0.25) is 0 Å². The molecule has 0 aromatic heterocycles. The fourth-order valence-corrected chi connectivity index (χ4v) is 9.54. The average molecular weight is 752 g/mol. The van der Waals surface area contributed by atoms with Crippen LogP contribution in [0.15, 0.2) is 133 Å². The number of rotatable bonds is 9.